The van der Waals surface area contributed by atoms with Crippen LogP contribution in [-0.2, 0) is 29.0 Å². The summed E-state index contributed by atoms with van der Waals surface area (Å²) >= 11 is 0. The lowest BCUT2D eigenvalue weighted by molar-refractivity contribution is -0.141. The van der Waals surface area contributed by atoms with Crippen molar-refractivity contribution < 1.29 is 14.0 Å². The summed E-state index contributed by atoms with van der Waals surface area (Å²) in [7, 11) is 0. The summed E-state index contributed by atoms with van der Waals surface area (Å²) in [5.41, 5.74) is 3.20. The van der Waals surface area contributed by atoms with Crippen LogP contribution in [0.1, 0.15) is 69.1 Å². The fourth-order valence-corrected chi connectivity index (χ4v) is 4.41. The number of benzene rings is 2. The van der Waals surface area contributed by atoms with Crippen LogP contribution >= 0.6 is 0 Å². The SMILES string of the molecule is CCc1ccc(CCC(=O)N(Cc2ccc(F)cc2)[C@@H](CC)C(=O)NC2CCCC2)cc1. The molecule has 0 radical (unpaired) electrons. The van der Waals surface area contributed by atoms with Crippen molar-refractivity contribution in [1.29, 1.82) is 0 Å². The molecule has 3 rings (SSSR count). The number of nitrogens with one attached hydrogen (secondary N) is 1. The Morgan fingerprint density at radius 1 is 0.969 bits per heavy atom. The number of hydrogen-bond acceptors (Lipinski definition) is 2. The Morgan fingerprint density at radius 3 is 2.16 bits per heavy atom. The van der Waals surface area contributed by atoms with Crippen LogP contribution in [0.25, 0.3) is 0 Å². The number of halogens is 1. The molecule has 2 amide bonds. The maximum atomic E-state index is 13.4. The van der Waals surface area contributed by atoms with Crippen LogP contribution in [0.15, 0.2) is 48.5 Å². The quantitative estimate of drug-likeness (QED) is 0.555. The molecule has 172 valence electrons. The van der Waals surface area contributed by atoms with Crippen molar-refractivity contribution in [1.82, 2.24) is 10.2 Å². The highest BCUT2D eigenvalue weighted by Gasteiger charge is 2.30. The topological polar surface area (TPSA) is 49.4 Å². The molecule has 0 saturated heterocycles. The molecule has 0 heterocycles. The Kier molecular flexibility index (Phi) is 8.83. The fraction of sp³-hybridized carbons (Fsp3) is 0.481. The Balaban J connectivity index is 1.73. The molecule has 5 heteroatoms. The third kappa shape index (κ3) is 6.65. The maximum Gasteiger partial charge on any atom is 0.243 e. The normalized spacial score (nSPS) is 14.8. The molecule has 0 aromatic heterocycles. The zero-order valence-electron chi connectivity index (χ0n) is 19.3. The smallest absolute Gasteiger partial charge is 0.243 e. The molecule has 0 unspecified atom stereocenters. The van der Waals surface area contributed by atoms with Gasteiger partial charge in [0.15, 0.2) is 0 Å². The molecule has 1 atom stereocenters. The molecule has 32 heavy (non-hydrogen) atoms. The molecule has 0 aliphatic heterocycles. The monoisotopic (exact) mass is 438 g/mol. The number of nitrogens with zero attached hydrogens (tertiary/aromatic N) is 1. The van der Waals surface area contributed by atoms with E-state index in [-0.39, 0.29) is 23.7 Å². The second kappa shape index (κ2) is 11.8. The van der Waals surface area contributed by atoms with Crippen molar-refractivity contribution in [2.24, 2.45) is 0 Å². The van der Waals surface area contributed by atoms with Crippen LogP contribution < -0.4 is 5.32 Å². The number of carbonyl (C=O) groups excluding carboxylic acids is 2. The minimum absolute atomic E-state index is 0.0534. The second-order valence-corrected chi connectivity index (χ2v) is 8.73. The van der Waals surface area contributed by atoms with Crippen molar-refractivity contribution in [2.75, 3.05) is 0 Å². The Labute approximate surface area is 191 Å². The van der Waals surface area contributed by atoms with Gasteiger partial charge in [0.2, 0.25) is 11.8 Å². The summed E-state index contributed by atoms with van der Waals surface area (Å²) in [6, 6.07) is 14.2. The molecular formula is C27H35FN2O2. The first-order valence-corrected chi connectivity index (χ1v) is 11.9. The van der Waals surface area contributed by atoms with E-state index >= 15 is 0 Å². The van der Waals surface area contributed by atoms with E-state index in [2.05, 4.69) is 36.5 Å². The van der Waals surface area contributed by atoms with E-state index in [1.165, 1.54) is 17.7 Å². The van der Waals surface area contributed by atoms with E-state index < -0.39 is 6.04 Å². The predicted molar refractivity (Wildman–Crippen MR) is 126 cm³/mol. The van der Waals surface area contributed by atoms with Crippen molar-refractivity contribution in [3.05, 3.63) is 71.0 Å². The summed E-state index contributed by atoms with van der Waals surface area (Å²) in [5.74, 6) is -0.447. The van der Waals surface area contributed by atoms with E-state index in [9.17, 15) is 14.0 Å². The molecule has 0 spiro atoms. The third-order valence-electron chi connectivity index (χ3n) is 6.41. The average Bonchev–Trinajstić information content (AvgIpc) is 3.32. The second-order valence-electron chi connectivity index (χ2n) is 8.73. The van der Waals surface area contributed by atoms with Crippen molar-refractivity contribution >= 4 is 11.8 Å². The van der Waals surface area contributed by atoms with Gasteiger partial charge in [-0.2, -0.15) is 0 Å². The van der Waals surface area contributed by atoms with Crippen molar-refractivity contribution in [3.63, 3.8) is 0 Å². The molecule has 1 aliphatic rings. The van der Waals surface area contributed by atoms with Crippen molar-refractivity contribution in [3.8, 4) is 0 Å². The molecule has 0 bridgehead atoms. The summed E-state index contributed by atoms with van der Waals surface area (Å²) in [6.07, 6.45) is 6.76. The maximum absolute atomic E-state index is 13.4. The lowest BCUT2D eigenvalue weighted by Crippen LogP contribution is -2.51. The molecule has 1 saturated carbocycles. The highest BCUT2D eigenvalue weighted by atomic mass is 19.1. The van der Waals surface area contributed by atoms with Gasteiger partial charge in [-0.25, -0.2) is 4.39 Å². The van der Waals surface area contributed by atoms with E-state index in [0.717, 1.165) is 43.2 Å². The standard InChI is InChI=1S/C27H35FN2O2/c1-3-20-9-11-21(12-10-20)15-18-26(31)30(19-22-13-16-23(28)17-14-22)25(4-2)27(32)29-24-7-5-6-8-24/h9-14,16-17,24-25H,3-8,15,18-19H2,1-2H3,(H,29,32)/t25-/m0/s1. The minimum Gasteiger partial charge on any atom is -0.352 e. The zero-order chi connectivity index (χ0) is 22.9. The predicted octanol–water partition coefficient (Wildman–Crippen LogP) is 5.19. The van der Waals surface area contributed by atoms with Gasteiger partial charge in [-0.1, -0.05) is 63.1 Å². The Morgan fingerprint density at radius 2 is 1.56 bits per heavy atom. The zero-order valence-corrected chi connectivity index (χ0v) is 19.3. The van der Waals surface area contributed by atoms with E-state index in [0.29, 0.717) is 25.8 Å². The largest absolute Gasteiger partial charge is 0.352 e. The lowest BCUT2D eigenvalue weighted by atomic mass is 10.0. The van der Waals surface area contributed by atoms with Crippen LogP contribution in [0.4, 0.5) is 4.39 Å². The first kappa shape index (κ1) is 24.0. The number of aryl methyl sites for hydroxylation is 2. The number of rotatable bonds is 10. The average molecular weight is 439 g/mol. The molecule has 1 aliphatic carbocycles. The lowest BCUT2D eigenvalue weighted by Gasteiger charge is -2.31. The fourth-order valence-electron chi connectivity index (χ4n) is 4.41. The van der Waals surface area contributed by atoms with Crippen molar-refractivity contribution in [2.45, 2.75) is 83.8 Å². The van der Waals surface area contributed by atoms with Gasteiger partial charge in [0.05, 0.1) is 0 Å². The summed E-state index contributed by atoms with van der Waals surface area (Å²) in [4.78, 5) is 28.1. The van der Waals surface area contributed by atoms with Gasteiger partial charge in [-0.05, 0) is 60.9 Å². The first-order valence-electron chi connectivity index (χ1n) is 11.9. The highest BCUT2D eigenvalue weighted by molar-refractivity contribution is 5.88. The van der Waals surface area contributed by atoms with Gasteiger partial charge >= 0.3 is 0 Å². The highest BCUT2D eigenvalue weighted by Crippen LogP contribution is 2.20. The first-order chi connectivity index (χ1) is 15.5. The van der Waals surface area contributed by atoms with Crippen LogP contribution in [-0.4, -0.2) is 28.8 Å². The summed E-state index contributed by atoms with van der Waals surface area (Å²) in [5, 5.41) is 3.15. The number of carbonyl (C=O) groups is 2. The molecule has 1 N–H and O–H groups in total. The van der Waals surface area contributed by atoms with Gasteiger partial charge in [0.1, 0.15) is 11.9 Å². The Bertz CT molecular complexity index is 874. The molecule has 2 aromatic rings. The van der Waals surface area contributed by atoms with E-state index in [1.54, 1.807) is 17.0 Å². The number of amides is 2. The molecule has 4 nitrogen and oxygen atoms in total. The van der Waals surface area contributed by atoms with E-state index in [1.807, 2.05) is 6.92 Å². The third-order valence-corrected chi connectivity index (χ3v) is 6.41. The van der Waals surface area contributed by atoms with Gasteiger partial charge in [-0.15, -0.1) is 0 Å². The molecule has 2 aromatic carbocycles. The van der Waals surface area contributed by atoms with Crippen LogP contribution in [0.2, 0.25) is 0 Å². The molecule has 1 fully saturated rings. The Hall–Kier alpha value is -2.69. The van der Waals surface area contributed by atoms with Gasteiger partial charge in [0.25, 0.3) is 0 Å². The van der Waals surface area contributed by atoms with Crippen LogP contribution in [0.5, 0.6) is 0 Å². The molecular weight excluding hydrogens is 403 g/mol. The van der Waals surface area contributed by atoms with Gasteiger partial charge in [0, 0.05) is 19.0 Å². The van der Waals surface area contributed by atoms with Gasteiger partial charge < -0.3 is 10.2 Å². The number of hydrogen-bond donors (Lipinski definition) is 1. The summed E-state index contributed by atoms with van der Waals surface area (Å²) < 4.78 is 13.4. The van der Waals surface area contributed by atoms with E-state index in [4.69, 9.17) is 0 Å². The van der Waals surface area contributed by atoms with Gasteiger partial charge in [-0.3, -0.25) is 9.59 Å². The van der Waals surface area contributed by atoms with Crippen LogP contribution in [0, 0.1) is 5.82 Å². The van der Waals surface area contributed by atoms with Crippen LogP contribution in [0.3, 0.4) is 0 Å². The summed E-state index contributed by atoms with van der Waals surface area (Å²) in [6.45, 7) is 4.35. The minimum atomic E-state index is -0.532.